The molecule has 0 saturated heterocycles. The van der Waals surface area contributed by atoms with Crippen LogP contribution in [0.3, 0.4) is 0 Å². The predicted octanol–water partition coefficient (Wildman–Crippen LogP) is 3.81. The average Bonchev–Trinajstić information content (AvgIpc) is 3.20. The number of carbonyl (C=O) groups excluding carboxylic acids is 1. The highest BCUT2D eigenvalue weighted by atomic mass is 16.6. The molecule has 0 heterocycles. The first kappa shape index (κ1) is 20.7. The molecular weight excluding hydrogens is 330 g/mol. The highest BCUT2D eigenvalue weighted by molar-refractivity contribution is 5.69. The highest BCUT2D eigenvalue weighted by Crippen LogP contribution is 2.43. The third kappa shape index (κ3) is 5.99. The second kappa shape index (κ2) is 10.5. The van der Waals surface area contributed by atoms with Gasteiger partial charge in [0.1, 0.15) is 0 Å². The van der Waals surface area contributed by atoms with Crippen molar-refractivity contribution in [3.63, 3.8) is 0 Å². The second-order valence-corrected chi connectivity index (χ2v) is 7.30. The van der Waals surface area contributed by atoms with Gasteiger partial charge in [-0.3, -0.25) is 15.1 Å². The number of unbranched alkanes of at least 4 members (excludes halogenated alkanes) is 2. The van der Waals surface area contributed by atoms with E-state index in [-0.39, 0.29) is 18.5 Å². The molecule has 2 rings (SSSR count). The summed E-state index contributed by atoms with van der Waals surface area (Å²) in [5, 5.41) is 10.3. The summed E-state index contributed by atoms with van der Waals surface area (Å²) in [6.45, 7) is 4.50. The number of hydrogen-bond donors (Lipinski definition) is 2. The van der Waals surface area contributed by atoms with E-state index in [4.69, 9.17) is 4.84 Å². The van der Waals surface area contributed by atoms with Gasteiger partial charge in [-0.15, -0.1) is 0 Å². The van der Waals surface area contributed by atoms with E-state index in [2.05, 4.69) is 35.4 Å². The van der Waals surface area contributed by atoms with Crippen molar-refractivity contribution >= 4 is 5.97 Å². The summed E-state index contributed by atoms with van der Waals surface area (Å²) in [4.78, 5) is 16.4. The number of esters is 1. The van der Waals surface area contributed by atoms with Gasteiger partial charge in [-0.05, 0) is 43.3 Å². The Labute approximate surface area is 157 Å². The van der Waals surface area contributed by atoms with E-state index in [0.29, 0.717) is 18.4 Å². The third-order valence-electron chi connectivity index (χ3n) is 5.25. The standard InChI is InChI=1S/C21H33NO4/c1-4-5-6-7-20(23)15(2)12-16-8-9-17-13-18(14-19(16)17)22-26-11-10-21(24)25-3/h8,12,14,17,19-20,22-23H,4-7,9-11,13H2,1-3H3/t17-,19+,20?/m1/s1. The molecule has 2 aliphatic rings. The number of aliphatic hydroxyl groups excluding tert-OH is 1. The Morgan fingerprint density at radius 1 is 1.46 bits per heavy atom. The number of hydrogen-bond acceptors (Lipinski definition) is 5. The van der Waals surface area contributed by atoms with Gasteiger partial charge in [-0.2, -0.15) is 0 Å². The van der Waals surface area contributed by atoms with Crippen molar-refractivity contribution in [1.82, 2.24) is 5.48 Å². The normalized spacial score (nSPS) is 23.3. The van der Waals surface area contributed by atoms with Gasteiger partial charge in [0, 0.05) is 11.6 Å². The summed E-state index contributed by atoms with van der Waals surface area (Å²) in [6, 6.07) is 0. The van der Waals surface area contributed by atoms with Gasteiger partial charge in [0.05, 0.1) is 26.2 Å². The quantitative estimate of drug-likeness (QED) is 0.332. The number of nitrogens with one attached hydrogen (secondary N) is 1. The van der Waals surface area contributed by atoms with Crippen LogP contribution >= 0.6 is 0 Å². The minimum absolute atomic E-state index is 0.243. The van der Waals surface area contributed by atoms with E-state index in [0.717, 1.165) is 37.0 Å². The molecule has 2 N–H and O–H groups in total. The lowest BCUT2D eigenvalue weighted by Gasteiger charge is -2.14. The van der Waals surface area contributed by atoms with Crippen LogP contribution in [-0.2, 0) is 14.4 Å². The zero-order valence-electron chi connectivity index (χ0n) is 16.3. The number of carbonyl (C=O) groups is 1. The number of allylic oxidation sites excluding steroid dienone is 5. The molecule has 5 nitrogen and oxygen atoms in total. The summed E-state index contributed by atoms with van der Waals surface area (Å²) >= 11 is 0. The number of rotatable bonds is 11. The van der Waals surface area contributed by atoms with Gasteiger partial charge in [0.25, 0.3) is 0 Å². The second-order valence-electron chi connectivity index (χ2n) is 7.30. The lowest BCUT2D eigenvalue weighted by atomic mass is 9.92. The molecule has 0 bridgehead atoms. The summed E-state index contributed by atoms with van der Waals surface area (Å²) in [5.41, 5.74) is 6.40. The molecule has 1 unspecified atom stereocenters. The van der Waals surface area contributed by atoms with E-state index in [9.17, 15) is 9.90 Å². The van der Waals surface area contributed by atoms with Gasteiger partial charge in [0.15, 0.2) is 0 Å². The maximum absolute atomic E-state index is 11.1. The van der Waals surface area contributed by atoms with Crippen molar-refractivity contribution in [1.29, 1.82) is 0 Å². The number of fused-ring (bicyclic) bond motifs is 1. The van der Waals surface area contributed by atoms with Crippen LogP contribution in [0.5, 0.6) is 0 Å². The largest absolute Gasteiger partial charge is 0.469 e. The van der Waals surface area contributed by atoms with Gasteiger partial charge < -0.3 is 9.84 Å². The first-order valence-corrected chi connectivity index (χ1v) is 9.76. The molecule has 0 fully saturated rings. The number of methoxy groups -OCH3 is 1. The van der Waals surface area contributed by atoms with Gasteiger partial charge in [0.2, 0.25) is 0 Å². The molecule has 3 atom stereocenters. The minimum atomic E-state index is -0.342. The first-order valence-electron chi connectivity index (χ1n) is 9.76. The van der Waals surface area contributed by atoms with Crippen LogP contribution in [0.1, 0.15) is 58.8 Å². The molecule has 26 heavy (non-hydrogen) atoms. The van der Waals surface area contributed by atoms with Crippen molar-refractivity contribution in [3.05, 3.63) is 35.1 Å². The minimum Gasteiger partial charge on any atom is -0.469 e. The fourth-order valence-corrected chi connectivity index (χ4v) is 3.64. The molecule has 2 aliphatic carbocycles. The number of ether oxygens (including phenoxy) is 1. The predicted molar refractivity (Wildman–Crippen MR) is 102 cm³/mol. The Balaban J connectivity index is 1.82. The van der Waals surface area contributed by atoms with Crippen molar-refractivity contribution in [2.24, 2.45) is 11.8 Å². The van der Waals surface area contributed by atoms with E-state index in [1.807, 2.05) is 6.92 Å². The maximum Gasteiger partial charge on any atom is 0.307 e. The number of hydroxylamine groups is 1. The molecule has 0 aliphatic heterocycles. The molecule has 0 spiro atoms. The van der Waals surface area contributed by atoms with Crippen LogP contribution in [0.25, 0.3) is 0 Å². The van der Waals surface area contributed by atoms with Crippen molar-refractivity contribution in [3.8, 4) is 0 Å². The summed E-state index contributed by atoms with van der Waals surface area (Å²) in [6.07, 6.45) is 12.8. The maximum atomic E-state index is 11.1. The average molecular weight is 363 g/mol. The van der Waals surface area contributed by atoms with Crippen LogP contribution in [0.4, 0.5) is 0 Å². The SMILES string of the molecule is CCCCCC(O)C(C)=CC1=CC[C@@H]2CC(NOCCC(=O)OC)=C[C@@H]12. The Morgan fingerprint density at radius 3 is 3.00 bits per heavy atom. The van der Waals surface area contributed by atoms with Crippen LogP contribution in [0, 0.1) is 11.8 Å². The molecule has 0 radical (unpaired) electrons. The molecular formula is C21H33NO4. The summed E-state index contributed by atoms with van der Waals surface area (Å²) in [7, 11) is 1.38. The van der Waals surface area contributed by atoms with Crippen LogP contribution in [0.2, 0.25) is 0 Å². The Hall–Kier alpha value is -1.59. The fourth-order valence-electron chi connectivity index (χ4n) is 3.64. The fraction of sp³-hybridized carbons (Fsp3) is 0.667. The van der Waals surface area contributed by atoms with Crippen LogP contribution in [-0.4, -0.2) is 30.9 Å². The molecule has 0 aromatic carbocycles. The summed E-state index contributed by atoms with van der Waals surface area (Å²) in [5.74, 6) is 0.685. The zero-order valence-corrected chi connectivity index (χ0v) is 16.3. The summed E-state index contributed by atoms with van der Waals surface area (Å²) < 4.78 is 4.59. The first-order chi connectivity index (χ1) is 12.5. The molecule has 5 heteroatoms. The Kier molecular flexibility index (Phi) is 8.39. The van der Waals surface area contributed by atoms with Crippen LogP contribution in [0.15, 0.2) is 35.1 Å². The smallest absolute Gasteiger partial charge is 0.307 e. The Morgan fingerprint density at radius 2 is 2.27 bits per heavy atom. The van der Waals surface area contributed by atoms with E-state index >= 15 is 0 Å². The lowest BCUT2D eigenvalue weighted by molar-refractivity contribution is -0.142. The van der Waals surface area contributed by atoms with Gasteiger partial charge in [-0.1, -0.05) is 44.4 Å². The van der Waals surface area contributed by atoms with Crippen molar-refractivity contribution < 1.29 is 19.5 Å². The molecule has 146 valence electrons. The van der Waals surface area contributed by atoms with Crippen molar-refractivity contribution in [2.45, 2.75) is 64.9 Å². The molecule has 0 saturated carbocycles. The zero-order chi connectivity index (χ0) is 18.9. The highest BCUT2D eigenvalue weighted by Gasteiger charge is 2.33. The topological polar surface area (TPSA) is 67.8 Å². The molecule has 0 amide bonds. The van der Waals surface area contributed by atoms with Crippen molar-refractivity contribution in [2.75, 3.05) is 13.7 Å². The van der Waals surface area contributed by atoms with Gasteiger partial charge in [-0.25, -0.2) is 0 Å². The monoisotopic (exact) mass is 363 g/mol. The molecule has 0 aromatic heterocycles. The van der Waals surface area contributed by atoms with Gasteiger partial charge >= 0.3 is 5.97 Å². The molecule has 0 aromatic rings. The lowest BCUT2D eigenvalue weighted by Crippen LogP contribution is -2.16. The van der Waals surface area contributed by atoms with E-state index < -0.39 is 0 Å². The Bertz CT molecular complexity index is 564. The van der Waals surface area contributed by atoms with Crippen LogP contribution < -0.4 is 5.48 Å². The van der Waals surface area contributed by atoms with E-state index in [1.165, 1.54) is 25.5 Å². The third-order valence-corrected chi connectivity index (χ3v) is 5.25. The van der Waals surface area contributed by atoms with E-state index in [1.54, 1.807) is 0 Å². The number of aliphatic hydroxyl groups is 1.